The quantitative estimate of drug-likeness (QED) is 0.460. The number of anilines is 1. The Morgan fingerprint density at radius 1 is 1.29 bits per heavy atom. The SMILES string of the molecule is COc1cc(C#N)ccc1OCCCC(=O)Nc1cc(Cl)ccc1Sc1nccn1C. The number of aromatic nitrogens is 2. The maximum atomic E-state index is 12.5. The van der Waals surface area contributed by atoms with Gasteiger partial charge < -0.3 is 19.4 Å². The number of halogens is 1. The molecular formula is C22H21ClN4O3S. The van der Waals surface area contributed by atoms with Crippen molar-refractivity contribution in [3.05, 3.63) is 59.4 Å². The highest BCUT2D eigenvalue weighted by molar-refractivity contribution is 7.99. The minimum Gasteiger partial charge on any atom is -0.493 e. The van der Waals surface area contributed by atoms with Crippen molar-refractivity contribution >= 4 is 35.0 Å². The van der Waals surface area contributed by atoms with Crippen molar-refractivity contribution in [2.45, 2.75) is 22.9 Å². The van der Waals surface area contributed by atoms with E-state index in [1.54, 1.807) is 36.5 Å². The fourth-order valence-corrected chi connectivity index (χ4v) is 3.76. The molecule has 0 bridgehead atoms. The van der Waals surface area contributed by atoms with E-state index in [1.165, 1.54) is 18.9 Å². The largest absolute Gasteiger partial charge is 0.493 e. The maximum absolute atomic E-state index is 12.5. The number of imidazole rings is 1. The summed E-state index contributed by atoms with van der Waals surface area (Å²) in [7, 11) is 3.43. The van der Waals surface area contributed by atoms with Crippen LogP contribution in [0.1, 0.15) is 18.4 Å². The minimum absolute atomic E-state index is 0.139. The molecule has 2 aromatic carbocycles. The number of nitrogens with one attached hydrogen (secondary N) is 1. The first-order valence-corrected chi connectivity index (χ1v) is 10.6. The van der Waals surface area contributed by atoms with E-state index in [1.807, 2.05) is 23.9 Å². The summed E-state index contributed by atoms with van der Waals surface area (Å²) in [6.45, 7) is 0.333. The Hall–Kier alpha value is -3.15. The lowest BCUT2D eigenvalue weighted by atomic mass is 10.2. The summed E-state index contributed by atoms with van der Waals surface area (Å²) in [5.41, 5.74) is 1.13. The molecule has 1 heterocycles. The Morgan fingerprint density at radius 3 is 2.84 bits per heavy atom. The molecule has 0 fully saturated rings. The number of hydrogen-bond donors (Lipinski definition) is 1. The summed E-state index contributed by atoms with van der Waals surface area (Å²) >= 11 is 7.57. The van der Waals surface area contributed by atoms with Crippen molar-refractivity contribution < 1.29 is 14.3 Å². The van der Waals surface area contributed by atoms with E-state index in [-0.39, 0.29) is 12.3 Å². The van der Waals surface area contributed by atoms with Crippen LogP contribution in [0.25, 0.3) is 0 Å². The molecule has 0 saturated carbocycles. The van der Waals surface area contributed by atoms with E-state index >= 15 is 0 Å². The second-order valence-corrected chi connectivity index (χ2v) is 7.99. The van der Waals surface area contributed by atoms with Gasteiger partial charge in [0, 0.05) is 41.8 Å². The Kier molecular flexibility index (Phi) is 7.82. The molecule has 1 N–H and O–H groups in total. The molecule has 1 amide bonds. The monoisotopic (exact) mass is 456 g/mol. The van der Waals surface area contributed by atoms with E-state index in [0.717, 1.165) is 10.1 Å². The standard InChI is InChI=1S/C22H21ClN4O3S/c1-27-10-9-25-22(27)31-20-8-6-16(23)13-17(20)26-21(28)4-3-11-30-18-7-5-15(14-24)12-19(18)29-2/h5-10,12-13H,3-4,11H2,1-2H3,(H,26,28). The highest BCUT2D eigenvalue weighted by atomic mass is 35.5. The molecule has 0 unspecified atom stereocenters. The lowest BCUT2D eigenvalue weighted by molar-refractivity contribution is -0.116. The van der Waals surface area contributed by atoms with Crippen molar-refractivity contribution in [2.24, 2.45) is 7.05 Å². The van der Waals surface area contributed by atoms with Crippen molar-refractivity contribution in [3.8, 4) is 17.6 Å². The predicted molar refractivity (Wildman–Crippen MR) is 120 cm³/mol. The van der Waals surface area contributed by atoms with Crippen LogP contribution in [-0.4, -0.2) is 29.2 Å². The number of methoxy groups -OCH3 is 1. The third kappa shape index (κ3) is 6.17. The van der Waals surface area contributed by atoms with Gasteiger partial charge in [-0.25, -0.2) is 4.98 Å². The molecule has 0 aliphatic carbocycles. The molecule has 3 rings (SSSR count). The zero-order valence-electron chi connectivity index (χ0n) is 17.1. The topological polar surface area (TPSA) is 89.2 Å². The predicted octanol–water partition coefficient (Wildman–Crippen LogP) is 4.90. The maximum Gasteiger partial charge on any atom is 0.224 e. The molecule has 3 aromatic rings. The second kappa shape index (κ2) is 10.8. The number of amides is 1. The second-order valence-electron chi connectivity index (χ2n) is 6.54. The van der Waals surface area contributed by atoms with E-state index in [9.17, 15) is 4.79 Å². The zero-order chi connectivity index (χ0) is 22.2. The fourth-order valence-electron chi connectivity index (χ4n) is 2.72. The van der Waals surface area contributed by atoms with E-state index in [4.69, 9.17) is 26.3 Å². The summed E-state index contributed by atoms with van der Waals surface area (Å²) in [5.74, 6) is 0.878. The number of carbonyl (C=O) groups excluding carboxylic acids is 1. The van der Waals surface area contributed by atoms with E-state index in [0.29, 0.717) is 40.8 Å². The van der Waals surface area contributed by atoms with Gasteiger partial charge in [0.1, 0.15) is 0 Å². The Labute approximate surface area is 189 Å². The average Bonchev–Trinajstić information content (AvgIpc) is 3.17. The van der Waals surface area contributed by atoms with Gasteiger partial charge in [0.05, 0.1) is 31.0 Å². The molecule has 0 spiro atoms. The van der Waals surface area contributed by atoms with Crippen LogP contribution in [0.5, 0.6) is 11.5 Å². The first-order chi connectivity index (χ1) is 15.0. The van der Waals surface area contributed by atoms with Crippen LogP contribution in [-0.2, 0) is 11.8 Å². The van der Waals surface area contributed by atoms with E-state index in [2.05, 4.69) is 16.4 Å². The first kappa shape index (κ1) is 22.5. The van der Waals surface area contributed by atoms with Gasteiger partial charge in [-0.1, -0.05) is 11.6 Å². The van der Waals surface area contributed by atoms with Gasteiger partial charge in [0.15, 0.2) is 16.7 Å². The molecule has 9 heteroatoms. The van der Waals surface area contributed by atoms with Crippen LogP contribution in [0.3, 0.4) is 0 Å². The number of aryl methyl sites for hydroxylation is 1. The molecule has 1 aromatic heterocycles. The van der Waals surface area contributed by atoms with Gasteiger partial charge in [-0.15, -0.1) is 0 Å². The van der Waals surface area contributed by atoms with Gasteiger partial charge >= 0.3 is 0 Å². The molecule has 7 nitrogen and oxygen atoms in total. The number of nitriles is 1. The summed E-state index contributed by atoms with van der Waals surface area (Å²) in [4.78, 5) is 17.6. The number of ether oxygens (including phenoxy) is 2. The summed E-state index contributed by atoms with van der Waals surface area (Å²) in [5, 5.41) is 13.2. The molecule has 0 aliphatic rings. The third-order valence-electron chi connectivity index (χ3n) is 4.29. The summed E-state index contributed by atoms with van der Waals surface area (Å²) in [6, 6.07) is 12.4. The van der Waals surface area contributed by atoms with Gasteiger partial charge in [-0.2, -0.15) is 5.26 Å². The number of rotatable bonds is 9. The molecule has 0 radical (unpaired) electrons. The number of nitrogens with zero attached hydrogens (tertiary/aromatic N) is 3. The number of carbonyl (C=O) groups is 1. The van der Waals surface area contributed by atoms with Crippen LogP contribution < -0.4 is 14.8 Å². The normalized spacial score (nSPS) is 10.4. The lowest BCUT2D eigenvalue weighted by Crippen LogP contribution is -2.13. The molecule has 31 heavy (non-hydrogen) atoms. The van der Waals surface area contributed by atoms with Crippen LogP contribution >= 0.6 is 23.4 Å². The zero-order valence-corrected chi connectivity index (χ0v) is 18.7. The lowest BCUT2D eigenvalue weighted by Gasteiger charge is -2.12. The Balaban J connectivity index is 1.55. The van der Waals surface area contributed by atoms with Crippen molar-refractivity contribution in [1.29, 1.82) is 5.26 Å². The average molecular weight is 457 g/mol. The van der Waals surface area contributed by atoms with Gasteiger partial charge in [-0.3, -0.25) is 4.79 Å². The molecule has 0 aliphatic heterocycles. The van der Waals surface area contributed by atoms with Crippen LogP contribution in [0, 0.1) is 11.3 Å². The van der Waals surface area contributed by atoms with Crippen LogP contribution in [0.15, 0.2) is 58.8 Å². The number of hydrogen-bond acceptors (Lipinski definition) is 6. The van der Waals surface area contributed by atoms with Crippen LogP contribution in [0.2, 0.25) is 5.02 Å². The smallest absolute Gasteiger partial charge is 0.224 e. The van der Waals surface area contributed by atoms with E-state index < -0.39 is 0 Å². The highest BCUT2D eigenvalue weighted by Crippen LogP contribution is 2.34. The molecule has 0 atom stereocenters. The van der Waals surface area contributed by atoms with Crippen molar-refractivity contribution in [1.82, 2.24) is 9.55 Å². The summed E-state index contributed by atoms with van der Waals surface area (Å²) in [6.07, 6.45) is 4.37. The van der Waals surface area contributed by atoms with Gasteiger partial charge in [0.25, 0.3) is 0 Å². The molecule has 0 saturated heterocycles. The van der Waals surface area contributed by atoms with Crippen LogP contribution in [0.4, 0.5) is 5.69 Å². The molecular weight excluding hydrogens is 436 g/mol. The number of benzene rings is 2. The fraction of sp³-hybridized carbons (Fsp3) is 0.227. The van der Waals surface area contributed by atoms with Gasteiger partial charge in [0.2, 0.25) is 5.91 Å². The van der Waals surface area contributed by atoms with Crippen molar-refractivity contribution in [2.75, 3.05) is 19.0 Å². The first-order valence-electron chi connectivity index (χ1n) is 9.45. The summed E-state index contributed by atoms with van der Waals surface area (Å²) < 4.78 is 12.8. The Morgan fingerprint density at radius 2 is 2.13 bits per heavy atom. The highest BCUT2D eigenvalue weighted by Gasteiger charge is 2.12. The third-order valence-corrected chi connectivity index (χ3v) is 5.68. The van der Waals surface area contributed by atoms with Crippen molar-refractivity contribution in [3.63, 3.8) is 0 Å². The minimum atomic E-state index is -0.139. The van der Waals surface area contributed by atoms with Gasteiger partial charge in [-0.05, 0) is 48.5 Å². The molecule has 160 valence electrons. The Bertz CT molecular complexity index is 1110.